The molecule has 2 aliphatic heterocycles. The van der Waals surface area contributed by atoms with Gasteiger partial charge in [-0.15, -0.1) is 0 Å². The van der Waals surface area contributed by atoms with Crippen LogP contribution >= 0.6 is 0 Å². The molecule has 1 amide bonds. The Bertz CT molecular complexity index is 301. The molecule has 2 rings (SSSR count). The number of carbonyl (C=O) groups excluding carboxylic acids is 1. The van der Waals surface area contributed by atoms with Crippen LogP contribution in [0.1, 0.15) is 46.0 Å². The van der Waals surface area contributed by atoms with Crippen LogP contribution in [0, 0.1) is 5.92 Å². The van der Waals surface area contributed by atoms with Gasteiger partial charge in [0, 0.05) is 25.7 Å². The molecule has 1 atom stereocenters. The molecule has 2 fully saturated rings. The standard InChI is InChI=1S/C16H30N2O2/c1-14(2)13-20-11-7-16(19)18-10-5-6-15(12-18)17-8-3-4-9-17/h14-15H,3-13H2,1-2H3. The molecule has 0 aromatic heterocycles. The van der Waals surface area contributed by atoms with E-state index in [1.807, 2.05) is 0 Å². The number of carbonyl (C=O) groups is 1. The Morgan fingerprint density at radius 1 is 1.20 bits per heavy atom. The second-order valence-corrected chi connectivity index (χ2v) is 6.60. The average Bonchev–Trinajstić information content (AvgIpc) is 2.97. The van der Waals surface area contributed by atoms with Gasteiger partial charge in [0.1, 0.15) is 0 Å². The number of amides is 1. The quantitative estimate of drug-likeness (QED) is 0.700. The van der Waals surface area contributed by atoms with Gasteiger partial charge in [-0.3, -0.25) is 9.69 Å². The number of hydrogen-bond donors (Lipinski definition) is 0. The Kier molecular flexibility index (Phi) is 6.30. The monoisotopic (exact) mass is 282 g/mol. The summed E-state index contributed by atoms with van der Waals surface area (Å²) in [4.78, 5) is 16.9. The Labute approximate surface area is 123 Å². The summed E-state index contributed by atoms with van der Waals surface area (Å²) in [6.07, 6.45) is 5.60. The zero-order valence-electron chi connectivity index (χ0n) is 13.1. The molecule has 2 aliphatic rings. The largest absolute Gasteiger partial charge is 0.381 e. The van der Waals surface area contributed by atoms with Crippen LogP contribution in [0.5, 0.6) is 0 Å². The van der Waals surface area contributed by atoms with Crippen molar-refractivity contribution in [1.29, 1.82) is 0 Å². The Morgan fingerprint density at radius 2 is 1.95 bits per heavy atom. The average molecular weight is 282 g/mol. The van der Waals surface area contributed by atoms with E-state index in [2.05, 4.69) is 23.6 Å². The molecule has 0 aromatic rings. The maximum atomic E-state index is 12.2. The van der Waals surface area contributed by atoms with Gasteiger partial charge >= 0.3 is 0 Å². The van der Waals surface area contributed by atoms with E-state index in [0.29, 0.717) is 25.0 Å². The first-order valence-electron chi connectivity index (χ1n) is 8.26. The van der Waals surface area contributed by atoms with E-state index in [0.717, 1.165) is 26.1 Å². The molecule has 2 heterocycles. The van der Waals surface area contributed by atoms with Crippen LogP contribution in [0.4, 0.5) is 0 Å². The molecule has 1 unspecified atom stereocenters. The van der Waals surface area contributed by atoms with Crippen molar-refractivity contribution in [3.05, 3.63) is 0 Å². The molecule has 0 radical (unpaired) electrons. The summed E-state index contributed by atoms with van der Waals surface area (Å²) in [5, 5.41) is 0. The minimum Gasteiger partial charge on any atom is -0.381 e. The Balaban J connectivity index is 1.69. The summed E-state index contributed by atoms with van der Waals surface area (Å²) < 4.78 is 5.53. The highest BCUT2D eigenvalue weighted by atomic mass is 16.5. The molecule has 0 spiro atoms. The lowest BCUT2D eigenvalue weighted by Crippen LogP contribution is -2.49. The van der Waals surface area contributed by atoms with Crippen LogP contribution in [0.25, 0.3) is 0 Å². The topological polar surface area (TPSA) is 32.8 Å². The van der Waals surface area contributed by atoms with Crippen LogP contribution < -0.4 is 0 Å². The third-order valence-corrected chi connectivity index (χ3v) is 4.32. The van der Waals surface area contributed by atoms with Gasteiger partial charge in [-0.2, -0.15) is 0 Å². The molecule has 0 bridgehead atoms. The molecule has 20 heavy (non-hydrogen) atoms. The zero-order valence-corrected chi connectivity index (χ0v) is 13.1. The highest BCUT2D eigenvalue weighted by molar-refractivity contribution is 5.76. The van der Waals surface area contributed by atoms with Crippen LogP contribution in [0.15, 0.2) is 0 Å². The first-order valence-corrected chi connectivity index (χ1v) is 8.26. The highest BCUT2D eigenvalue weighted by Gasteiger charge is 2.28. The summed E-state index contributed by atoms with van der Waals surface area (Å²) in [6, 6.07) is 0.604. The van der Waals surface area contributed by atoms with E-state index in [4.69, 9.17) is 4.74 Å². The third kappa shape index (κ3) is 4.74. The molecular weight excluding hydrogens is 252 g/mol. The number of piperidine rings is 1. The van der Waals surface area contributed by atoms with Crippen molar-refractivity contribution in [3.63, 3.8) is 0 Å². The summed E-state index contributed by atoms with van der Waals surface area (Å²) in [5.41, 5.74) is 0. The smallest absolute Gasteiger partial charge is 0.224 e. The molecule has 0 aliphatic carbocycles. The maximum absolute atomic E-state index is 12.2. The SMILES string of the molecule is CC(C)COCCC(=O)N1CCCC(N2CCCC2)C1. The van der Waals surface area contributed by atoms with Crippen molar-refractivity contribution in [2.45, 2.75) is 52.0 Å². The predicted octanol–water partition coefficient (Wildman–Crippen LogP) is 2.14. The fourth-order valence-electron chi connectivity index (χ4n) is 3.22. The van der Waals surface area contributed by atoms with Gasteiger partial charge in [0.05, 0.1) is 13.0 Å². The van der Waals surface area contributed by atoms with E-state index < -0.39 is 0 Å². The molecule has 0 aromatic carbocycles. The third-order valence-electron chi connectivity index (χ3n) is 4.32. The van der Waals surface area contributed by atoms with Gasteiger partial charge in [0.15, 0.2) is 0 Å². The first kappa shape index (κ1) is 15.8. The van der Waals surface area contributed by atoms with Crippen molar-refractivity contribution in [3.8, 4) is 0 Å². The fourth-order valence-corrected chi connectivity index (χ4v) is 3.22. The van der Waals surface area contributed by atoms with Crippen LogP contribution in [-0.2, 0) is 9.53 Å². The van der Waals surface area contributed by atoms with Crippen LogP contribution in [-0.4, -0.2) is 61.1 Å². The number of ether oxygens (including phenoxy) is 1. The van der Waals surface area contributed by atoms with Gasteiger partial charge in [-0.1, -0.05) is 13.8 Å². The van der Waals surface area contributed by atoms with Crippen molar-refractivity contribution >= 4 is 5.91 Å². The lowest BCUT2D eigenvalue weighted by atomic mass is 10.0. The fraction of sp³-hybridized carbons (Fsp3) is 0.938. The summed E-state index contributed by atoms with van der Waals surface area (Å²) in [6.45, 7) is 9.91. The normalized spacial score (nSPS) is 24.6. The van der Waals surface area contributed by atoms with Crippen molar-refractivity contribution in [1.82, 2.24) is 9.80 Å². The highest BCUT2D eigenvalue weighted by Crippen LogP contribution is 2.20. The summed E-state index contributed by atoms with van der Waals surface area (Å²) >= 11 is 0. The second kappa shape index (κ2) is 7.99. The van der Waals surface area contributed by atoms with E-state index in [1.54, 1.807) is 0 Å². The van der Waals surface area contributed by atoms with Crippen LogP contribution in [0.3, 0.4) is 0 Å². The molecule has 0 N–H and O–H groups in total. The van der Waals surface area contributed by atoms with Crippen molar-refractivity contribution in [2.24, 2.45) is 5.92 Å². The van der Waals surface area contributed by atoms with Gasteiger partial charge < -0.3 is 9.64 Å². The van der Waals surface area contributed by atoms with Gasteiger partial charge in [-0.25, -0.2) is 0 Å². The van der Waals surface area contributed by atoms with Gasteiger partial charge in [0.2, 0.25) is 5.91 Å². The minimum absolute atomic E-state index is 0.276. The van der Waals surface area contributed by atoms with Crippen molar-refractivity contribution in [2.75, 3.05) is 39.4 Å². The molecular formula is C16H30N2O2. The minimum atomic E-state index is 0.276. The number of likely N-dealkylation sites (tertiary alicyclic amines) is 2. The molecule has 4 heteroatoms. The number of hydrogen-bond acceptors (Lipinski definition) is 3. The number of nitrogens with zero attached hydrogens (tertiary/aromatic N) is 2. The molecule has 4 nitrogen and oxygen atoms in total. The van der Waals surface area contributed by atoms with Gasteiger partial charge in [0.25, 0.3) is 0 Å². The molecule has 116 valence electrons. The zero-order chi connectivity index (χ0) is 14.4. The summed E-state index contributed by atoms with van der Waals surface area (Å²) in [5.74, 6) is 0.817. The second-order valence-electron chi connectivity index (χ2n) is 6.60. The lowest BCUT2D eigenvalue weighted by Gasteiger charge is -2.37. The van der Waals surface area contributed by atoms with Crippen LogP contribution in [0.2, 0.25) is 0 Å². The van der Waals surface area contributed by atoms with E-state index in [-0.39, 0.29) is 5.91 Å². The number of rotatable bonds is 6. The Hall–Kier alpha value is -0.610. The van der Waals surface area contributed by atoms with Crippen molar-refractivity contribution < 1.29 is 9.53 Å². The summed E-state index contributed by atoms with van der Waals surface area (Å²) in [7, 11) is 0. The Morgan fingerprint density at radius 3 is 2.65 bits per heavy atom. The molecule has 2 saturated heterocycles. The maximum Gasteiger partial charge on any atom is 0.224 e. The predicted molar refractivity (Wildman–Crippen MR) is 80.7 cm³/mol. The first-order chi connectivity index (χ1) is 9.66. The lowest BCUT2D eigenvalue weighted by molar-refractivity contribution is -0.134. The van der Waals surface area contributed by atoms with E-state index >= 15 is 0 Å². The van der Waals surface area contributed by atoms with Gasteiger partial charge in [-0.05, 0) is 44.7 Å². The molecule has 0 saturated carbocycles. The van der Waals surface area contributed by atoms with E-state index in [1.165, 1.54) is 32.4 Å². The van der Waals surface area contributed by atoms with E-state index in [9.17, 15) is 4.79 Å².